The van der Waals surface area contributed by atoms with Crippen LogP contribution in [0.2, 0.25) is 0 Å². The molecule has 0 saturated carbocycles. The van der Waals surface area contributed by atoms with Crippen LogP contribution in [0, 0.1) is 0 Å². The molecule has 1 aromatic carbocycles. The summed E-state index contributed by atoms with van der Waals surface area (Å²) >= 11 is 0. The van der Waals surface area contributed by atoms with E-state index in [4.69, 9.17) is 0 Å². The molecule has 5 nitrogen and oxygen atoms in total. The van der Waals surface area contributed by atoms with Crippen LogP contribution in [0.4, 0.5) is 0 Å². The Labute approximate surface area is 117 Å². The summed E-state index contributed by atoms with van der Waals surface area (Å²) in [4.78, 5) is 11.8. The van der Waals surface area contributed by atoms with Gasteiger partial charge in [-0.1, -0.05) is 36.4 Å². The molecule has 0 fully saturated rings. The molecule has 0 saturated heterocycles. The van der Waals surface area contributed by atoms with Crippen LogP contribution in [0.5, 0.6) is 0 Å². The lowest BCUT2D eigenvalue weighted by atomic mass is 10.2. The Kier molecular flexibility index (Phi) is 4.36. The average Bonchev–Trinajstić information content (AvgIpc) is 2.41. The summed E-state index contributed by atoms with van der Waals surface area (Å²) in [5, 5.41) is 0. The number of nitrogens with zero attached hydrogens (tertiary/aromatic N) is 1. The van der Waals surface area contributed by atoms with Crippen LogP contribution < -0.4 is 10.3 Å². The number of sulfonamides is 1. The number of hydrogen-bond acceptors (Lipinski definition) is 3. The van der Waals surface area contributed by atoms with Crippen molar-refractivity contribution in [2.45, 2.75) is 12.3 Å². The van der Waals surface area contributed by atoms with Gasteiger partial charge in [-0.05, 0) is 11.6 Å². The molecule has 1 heterocycles. The van der Waals surface area contributed by atoms with Crippen molar-refractivity contribution in [1.82, 2.24) is 9.29 Å². The monoisotopic (exact) mass is 292 g/mol. The third kappa shape index (κ3) is 3.79. The normalized spacial score (nSPS) is 11.4. The minimum Gasteiger partial charge on any atom is -0.318 e. The van der Waals surface area contributed by atoms with Gasteiger partial charge in [-0.15, -0.1) is 0 Å². The summed E-state index contributed by atoms with van der Waals surface area (Å²) in [6, 6.07) is 12.2. The van der Waals surface area contributed by atoms with E-state index in [1.54, 1.807) is 49.6 Å². The molecule has 0 amide bonds. The highest BCUT2D eigenvalue weighted by Crippen LogP contribution is 2.04. The first-order valence-corrected chi connectivity index (χ1v) is 7.79. The number of hydrogen-bond donors (Lipinski definition) is 1. The zero-order chi connectivity index (χ0) is 14.6. The van der Waals surface area contributed by atoms with Crippen molar-refractivity contribution >= 4 is 10.0 Å². The van der Waals surface area contributed by atoms with Crippen LogP contribution >= 0.6 is 0 Å². The zero-order valence-electron chi connectivity index (χ0n) is 11.1. The summed E-state index contributed by atoms with van der Waals surface area (Å²) in [5.74, 6) is -0.0962. The molecule has 0 aliphatic rings. The molecule has 2 rings (SSSR count). The fourth-order valence-electron chi connectivity index (χ4n) is 1.82. The summed E-state index contributed by atoms with van der Waals surface area (Å²) < 4.78 is 27.8. The third-order valence-corrected chi connectivity index (χ3v) is 4.18. The van der Waals surface area contributed by atoms with Crippen molar-refractivity contribution < 1.29 is 8.42 Å². The first-order valence-electron chi connectivity index (χ1n) is 6.14. The highest BCUT2D eigenvalue weighted by atomic mass is 32.2. The minimum atomic E-state index is -3.46. The van der Waals surface area contributed by atoms with Gasteiger partial charge in [0, 0.05) is 25.4 Å². The van der Waals surface area contributed by atoms with Gasteiger partial charge >= 0.3 is 0 Å². The molecule has 20 heavy (non-hydrogen) atoms. The lowest BCUT2D eigenvalue weighted by Gasteiger charge is -2.07. The van der Waals surface area contributed by atoms with Crippen LogP contribution in [0.25, 0.3) is 0 Å². The van der Waals surface area contributed by atoms with Gasteiger partial charge in [-0.2, -0.15) is 0 Å². The van der Waals surface area contributed by atoms with Gasteiger partial charge < -0.3 is 4.57 Å². The van der Waals surface area contributed by atoms with Crippen molar-refractivity contribution in [3.8, 4) is 0 Å². The van der Waals surface area contributed by atoms with E-state index in [2.05, 4.69) is 4.72 Å². The molecule has 0 radical (unpaired) electrons. The van der Waals surface area contributed by atoms with Crippen molar-refractivity contribution in [2.75, 3.05) is 0 Å². The fraction of sp³-hybridized carbons (Fsp3) is 0.214. The van der Waals surface area contributed by atoms with Gasteiger partial charge in [-0.25, -0.2) is 13.1 Å². The molecule has 0 bridgehead atoms. The third-order valence-electron chi connectivity index (χ3n) is 2.88. The molecule has 1 N–H and O–H groups in total. The van der Waals surface area contributed by atoms with Crippen LogP contribution in [0.15, 0.2) is 53.5 Å². The van der Waals surface area contributed by atoms with Crippen molar-refractivity contribution in [1.29, 1.82) is 0 Å². The van der Waals surface area contributed by atoms with E-state index >= 15 is 0 Å². The van der Waals surface area contributed by atoms with Crippen molar-refractivity contribution in [2.24, 2.45) is 7.05 Å². The number of nitrogens with one attached hydrogen (secondary N) is 1. The number of pyridine rings is 1. The maximum atomic E-state index is 11.9. The maximum Gasteiger partial charge on any atom is 0.254 e. The first kappa shape index (κ1) is 14.5. The highest BCUT2D eigenvalue weighted by Gasteiger charge is 2.12. The number of benzene rings is 1. The zero-order valence-corrected chi connectivity index (χ0v) is 11.9. The number of aromatic nitrogens is 1. The number of rotatable bonds is 5. The van der Waals surface area contributed by atoms with Gasteiger partial charge in [-0.3, -0.25) is 4.79 Å². The molecule has 0 aliphatic heterocycles. The van der Waals surface area contributed by atoms with Crippen molar-refractivity contribution in [3.05, 3.63) is 70.1 Å². The quantitative estimate of drug-likeness (QED) is 0.894. The van der Waals surface area contributed by atoms with E-state index in [9.17, 15) is 13.2 Å². The van der Waals surface area contributed by atoms with Crippen LogP contribution in [-0.2, 0) is 29.4 Å². The predicted molar refractivity (Wildman–Crippen MR) is 77.6 cm³/mol. The van der Waals surface area contributed by atoms with Crippen molar-refractivity contribution in [3.63, 3.8) is 0 Å². The largest absolute Gasteiger partial charge is 0.318 e. The lowest BCUT2D eigenvalue weighted by molar-refractivity contribution is 0.580. The molecule has 106 valence electrons. The molecule has 0 spiro atoms. The van der Waals surface area contributed by atoms with E-state index in [0.29, 0.717) is 11.1 Å². The lowest BCUT2D eigenvalue weighted by Crippen LogP contribution is -2.29. The molecule has 0 atom stereocenters. The second kappa shape index (κ2) is 6.02. The maximum absolute atomic E-state index is 11.9. The Bertz CT molecular complexity index is 737. The molecule has 2 aromatic rings. The Morgan fingerprint density at radius 2 is 1.80 bits per heavy atom. The van der Waals surface area contributed by atoms with E-state index < -0.39 is 10.0 Å². The first-order chi connectivity index (χ1) is 9.48. The Morgan fingerprint density at radius 3 is 2.50 bits per heavy atom. The van der Waals surface area contributed by atoms with Crippen LogP contribution in [-0.4, -0.2) is 13.0 Å². The van der Waals surface area contributed by atoms with Gasteiger partial charge in [0.25, 0.3) is 5.56 Å². The van der Waals surface area contributed by atoms with Gasteiger partial charge in [0.2, 0.25) is 10.0 Å². The Balaban J connectivity index is 2.06. The Hall–Kier alpha value is -1.92. The summed E-state index contributed by atoms with van der Waals surface area (Å²) in [7, 11) is -1.83. The van der Waals surface area contributed by atoms with E-state index in [1.165, 1.54) is 4.57 Å². The highest BCUT2D eigenvalue weighted by molar-refractivity contribution is 7.88. The fourth-order valence-corrected chi connectivity index (χ4v) is 2.93. The summed E-state index contributed by atoms with van der Waals surface area (Å²) in [6.45, 7) is 0.00266. The van der Waals surface area contributed by atoms with Gasteiger partial charge in [0.15, 0.2) is 0 Å². The average molecular weight is 292 g/mol. The Morgan fingerprint density at radius 1 is 1.10 bits per heavy atom. The minimum absolute atomic E-state index is 0.00266. The topological polar surface area (TPSA) is 68.2 Å². The molecule has 1 aromatic heterocycles. The van der Waals surface area contributed by atoms with Gasteiger partial charge in [0.1, 0.15) is 0 Å². The van der Waals surface area contributed by atoms with Gasteiger partial charge in [0.05, 0.1) is 5.75 Å². The second-order valence-corrected chi connectivity index (χ2v) is 6.32. The molecular weight excluding hydrogens is 276 g/mol. The number of aryl methyl sites for hydroxylation is 1. The molecule has 0 aliphatic carbocycles. The molecule has 6 heteroatoms. The van der Waals surface area contributed by atoms with E-state index in [1.807, 2.05) is 6.07 Å². The molecule has 0 unspecified atom stereocenters. The smallest absolute Gasteiger partial charge is 0.254 e. The van der Waals surface area contributed by atoms with Crippen LogP contribution in [0.1, 0.15) is 11.1 Å². The van der Waals surface area contributed by atoms with E-state index in [0.717, 1.165) is 0 Å². The summed E-state index contributed by atoms with van der Waals surface area (Å²) in [5.41, 5.74) is 0.933. The van der Waals surface area contributed by atoms with Crippen LogP contribution in [0.3, 0.4) is 0 Å². The molecular formula is C14H16N2O3S. The predicted octanol–water partition coefficient (Wildman–Crippen LogP) is 1.00. The summed E-state index contributed by atoms with van der Waals surface area (Å²) in [6.07, 6.45) is 1.63. The second-order valence-electron chi connectivity index (χ2n) is 4.52. The standard InChI is InChI=1S/C14H16N2O3S/c1-16-9-5-8-13(14(16)17)10-15-20(18,19)11-12-6-3-2-4-7-12/h2-9,15H,10-11H2,1H3. The van der Waals surface area contributed by atoms with E-state index in [-0.39, 0.29) is 17.9 Å². The SMILES string of the molecule is Cn1cccc(CNS(=O)(=O)Cc2ccccc2)c1=O.